The van der Waals surface area contributed by atoms with Gasteiger partial charge < -0.3 is 10.2 Å². The van der Waals surface area contributed by atoms with Gasteiger partial charge in [-0.2, -0.15) is 0 Å². The molecule has 2 aromatic carbocycles. The Balaban J connectivity index is 2.30. The van der Waals surface area contributed by atoms with E-state index in [9.17, 15) is 10.2 Å². The normalized spacial score (nSPS) is 14.8. The largest absolute Gasteiger partial charge is 0.393 e. The molecule has 2 heteroatoms. The Kier molecular flexibility index (Phi) is 4.26. The van der Waals surface area contributed by atoms with Gasteiger partial charge in [0.25, 0.3) is 0 Å². The van der Waals surface area contributed by atoms with E-state index in [0.717, 1.165) is 11.1 Å². The Hall–Kier alpha value is -1.64. The summed E-state index contributed by atoms with van der Waals surface area (Å²) >= 11 is 0. The average Bonchev–Trinajstić information content (AvgIpc) is 2.48. The molecular weight excluding hydrogens is 248 g/mol. The second-order valence-corrected chi connectivity index (χ2v) is 5.98. The van der Waals surface area contributed by atoms with E-state index in [1.807, 2.05) is 48.5 Å². The highest BCUT2D eigenvalue weighted by atomic mass is 16.3. The summed E-state index contributed by atoms with van der Waals surface area (Å²) in [7, 11) is 0. The van der Waals surface area contributed by atoms with Gasteiger partial charge >= 0.3 is 0 Å². The SMILES string of the molecule is CC(C)(CC(O)(CO)c1ccccc1)c1ccccc1. The summed E-state index contributed by atoms with van der Waals surface area (Å²) in [5, 5.41) is 20.5. The molecule has 0 spiro atoms. The third-order valence-electron chi connectivity index (χ3n) is 3.86. The van der Waals surface area contributed by atoms with E-state index >= 15 is 0 Å². The highest BCUT2D eigenvalue weighted by Gasteiger charge is 2.36. The number of benzene rings is 2. The van der Waals surface area contributed by atoms with Gasteiger partial charge in [-0.1, -0.05) is 74.5 Å². The molecule has 2 aromatic rings. The lowest BCUT2D eigenvalue weighted by Gasteiger charge is -2.36. The Morgan fingerprint density at radius 2 is 1.25 bits per heavy atom. The topological polar surface area (TPSA) is 40.5 Å². The van der Waals surface area contributed by atoms with Crippen LogP contribution in [0, 0.1) is 0 Å². The predicted molar refractivity (Wildman–Crippen MR) is 81.5 cm³/mol. The lowest BCUT2D eigenvalue weighted by Crippen LogP contribution is -2.37. The first-order valence-corrected chi connectivity index (χ1v) is 6.92. The third kappa shape index (κ3) is 3.09. The Bertz CT molecular complexity index is 534. The molecule has 0 saturated carbocycles. The van der Waals surface area contributed by atoms with E-state index in [0.29, 0.717) is 6.42 Å². The van der Waals surface area contributed by atoms with Crippen LogP contribution in [0.1, 0.15) is 31.4 Å². The average molecular weight is 270 g/mol. The van der Waals surface area contributed by atoms with Crippen molar-refractivity contribution in [2.75, 3.05) is 6.61 Å². The zero-order valence-electron chi connectivity index (χ0n) is 12.1. The van der Waals surface area contributed by atoms with Crippen LogP contribution in [0.2, 0.25) is 0 Å². The second kappa shape index (κ2) is 5.78. The molecular formula is C18H22O2. The van der Waals surface area contributed by atoms with Crippen LogP contribution in [0.4, 0.5) is 0 Å². The molecule has 0 fully saturated rings. The van der Waals surface area contributed by atoms with Crippen molar-refractivity contribution in [2.45, 2.75) is 31.3 Å². The van der Waals surface area contributed by atoms with Crippen LogP contribution in [-0.4, -0.2) is 16.8 Å². The first-order valence-electron chi connectivity index (χ1n) is 6.92. The molecule has 0 aliphatic rings. The Labute approximate surface area is 120 Å². The van der Waals surface area contributed by atoms with Gasteiger partial charge in [-0.3, -0.25) is 0 Å². The minimum atomic E-state index is -1.22. The van der Waals surface area contributed by atoms with Gasteiger partial charge in [0.2, 0.25) is 0 Å². The van der Waals surface area contributed by atoms with Gasteiger partial charge in [0, 0.05) is 0 Å². The van der Waals surface area contributed by atoms with E-state index in [4.69, 9.17) is 0 Å². The van der Waals surface area contributed by atoms with Crippen molar-refractivity contribution < 1.29 is 10.2 Å². The monoisotopic (exact) mass is 270 g/mol. The van der Waals surface area contributed by atoms with E-state index in [2.05, 4.69) is 26.0 Å². The van der Waals surface area contributed by atoms with Gasteiger partial charge in [-0.15, -0.1) is 0 Å². The molecule has 0 aliphatic heterocycles. The zero-order valence-corrected chi connectivity index (χ0v) is 12.1. The molecule has 20 heavy (non-hydrogen) atoms. The minimum absolute atomic E-state index is 0.228. The highest BCUT2D eigenvalue weighted by molar-refractivity contribution is 5.28. The first-order chi connectivity index (χ1) is 9.48. The van der Waals surface area contributed by atoms with E-state index in [-0.39, 0.29) is 12.0 Å². The summed E-state index contributed by atoms with van der Waals surface area (Å²) in [5.41, 5.74) is 0.462. The van der Waals surface area contributed by atoms with Crippen molar-refractivity contribution >= 4 is 0 Å². The summed E-state index contributed by atoms with van der Waals surface area (Å²) < 4.78 is 0. The Morgan fingerprint density at radius 1 is 0.800 bits per heavy atom. The number of hydrogen-bond acceptors (Lipinski definition) is 2. The summed E-state index contributed by atoms with van der Waals surface area (Å²) in [6.07, 6.45) is 0.463. The van der Waals surface area contributed by atoms with Crippen LogP contribution < -0.4 is 0 Å². The van der Waals surface area contributed by atoms with Gasteiger partial charge in [-0.05, 0) is 23.0 Å². The van der Waals surface area contributed by atoms with Crippen molar-refractivity contribution in [3.05, 3.63) is 71.8 Å². The summed E-state index contributed by atoms with van der Waals surface area (Å²) in [4.78, 5) is 0. The second-order valence-electron chi connectivity index (χ2n) is 5.98. The van der Waals surface area contributed by atoms with Gasteiger partial charge in [0.1, 0.15) is 5.60 Å². The predicted octanol–water partition coefficient (Wildman–Crippen LogP) is 3.23. The van der Waals surface area contributed by atoms with Crippen molar-refractivity contribution in [1.82, 2.24) is 0 Å². The van der Waals surface area contributed by atoms with Crippen LogP contribution in [0.5, 0.6) is 0 Å². The van der Waals surface area contributed by atoms with Crippen LogP contribution in [0.3, 0.4) is 0 Å². The van der Waals surface area contributed by atoms with Crippen LogP contribution in [0.15, 0.2) is 60.7 Å². The quantitative estimate of drug-likeness (QED) is 0.875. The van der Waals surface area contributed by atoms with Crippen molar-refractivity contribution in [3.8, 4) is 0 Å². The maximum absolute atomic E-state index is 10.8. The summed E-state index contributed by atoms with van der Waals surface area (Å²) in [6.45, 7) is 3.89. The van der Waals surface area contributed by atoms with E-state index in [1.54, 1.807) is 0 Å². The molecule has 0 aliphatic carbocycles. The lowest BCUT2D eigenvalue weighted by molar-refractivity contribution is -0.0402. The molecule has 0 heterocycles. The fourth-order valence-electron chi connectivity index (χ4n) is 2.72. The smallest absolute Gasteiger partial charge is 0.113 e. The van der Waals surface area contributed by atoms with Crippen LogP contribution in [-0.2, 0) is 11.0 Å². The molecule has 106 valence electrons. The first kappa shape index (κ1) is 14.8. The van der Waals surface area contributed by atoms with Crippen LogP contribution in [0.25, 0.3) is 0 Å². The van der Waals surface area contributed by atoms with Gasteiger partial charge in [0.15, 0.2) is 0 Å². The third-order valence-corrected chi connectivity index (χ3v) is 3.86. The number of aliphatic hydroxyl groups is 2. The highest BCUT2D eigenvalue weighted by Crippen LogP contribution is 2.37. The standard InChI is InChI=1S/C18H22O2/c1-17(2,15-9-5-3-6-10-15)13-18(20,14-19)16-11-7-4-8-12-16/h3-12,19-20H,13-14H2,1-2H3. The number of rotatable bonds is 5. The maximum Gasteiger partial charge on any atom is 0.113 e. The van der Waals surface area contributed by atoms with Crippen LogP contribution >= 0.6 is 0 Å². The molecule has 0 amide bonds. The molecule has 2 N–H and O–H groups in total. The van der Waals surface area contributed by atoms with Crippen molar-refractivity contribution in [3.63, 3.8) is 0 Å². The van der Waals surface area contributed by atoms with Gasteiger partial charge in [0.05, 0.1) is 6.61 Å². The lowest BCUT2D eigenvalue weighted by atomic mass is 9.73. The molecule has 0 aromatic heterocycles. The maximum atomic E-state index is 10.8. The van der Waals surface area contributed by atoms with Crippen molar-refractivity contribution in [1.29, 1.82) is 0 Å². The minimum Gasteiger partial charge on any atom is -0.393 e. The molecule has 2 nitrogen and oxygen atoms in total. The molecule has 0 radical (unpaired) electrons. The fourth-order valence-corrected chi connectivity index (χ4v) is 2.72. The zero-order chi connectivity index (χ0) is 14.6. The molecule has 1 atom stereocenters. The molecule has 0 bridgehead atoms. The molecule has 1 unspecified atom stereocenters. The molecule has 0 saturated heterocycles. The van der Waals surface area contributed by atoms with E-state index in [1.165, 1.54) is 0 Å². The fraction of sp³-hybridized carbons (Fsp3) is 0.333. The number of hydrogen-bond donors (Lipinski definition) is 2. The Morgan fingerprint density at radius 3 is 1.70 bits per heavy atom. The number of aliphatic hydroxyl groups excluding tert-OH is 1. The molecule has 2 rings (SSSR count). The van der Waals surface area contributed by atoms with Crippen molar-refractivity contribution in [2.24, 2.45) is 0 Å². The van der Waals surface area contributed by atoms with Gasteiger partial charge in [-0.25, -0.2) is 0 Å². The summed E-state index contributed by atoms with van der Waals surface area (Å²) in [5.74, 6) is 0. The summed E-state index contributed by atoms with van der Waals surface area (Å²) in [6, 6.07) is 19.5. The van der Waals surface area contributed by atoms with E-state index < -0.39 is 5.60 Å².